The smallest absolute Gasteiger partial charge is 0.141 e. The summed E-state index contributed by atoms with van der Waals surface area (Å²) in [6.45, 7) is 5.78. The Morgan fingerprint density at radius 2 is 2.19 bits per heavy atom. The zero-order valence-electron chi connectivity index (χ0n) is 9.79. The van der Waals surface area contributed by atoms with E-state index in [1.165, 1.54) is 11.1 Å². The van der Waals surface area contributed by atoms with Gasteiger partial charge in [0, 0.05) is 6.42 Å². The van der Waals surface area contributed by atoms with Gasteiger partial charge in [0.15, 0.2) is 0 Å². The van der Waals surface area contributed by atoms with E-state index in [4.69, 9.17) is 22.1 Å². The lowest BCUT2D eigenvalue weighted by molar-refractivity contribution is 0.357. The van der Waals surface area contributed by atoms with Crippen LogP contribution in [-0.4, -0.2) is 13.2 Å². The van der Waals surface area contributed by atoms with Crippen LogP contribution >= 0.6 is 11.6 Å². The largest absolute Gasteiger partial charge is 0.491 e. The van der Waals surface area contributed by atoms with E-state index in [2.05, 4.69) is 19.9 Å². The second-order valence-electron chi connectivity index (χ2n) is 4.68. The Kier molecular flexibility index (Phi) is 3.41. The van der Waals surface area contributed by atoms with Crippen molar-refractivity contribution in [1.82, 2.24) is 0 Å². The fourth-order valence-electron chi connectivity index (χ4n) is 2.29. The summed E-state index contributed by atoms with van der Waals surface area (Å²) < 4.78 is 5.49. The predicted octanol–water partition coefficient (Wildman–Crippen LogP) is 2.97. The number of hydrogen-bond acceptors (Lipinski definition) is 2. The molecule has 2 nitrogen and oxygen atoms in total. The third kappa shape index (κ3) is 2.04. The van der Waals surface area contributed by atoms with Crippen LogP contribution in [0.5, 0.6) is 5.75 Å². The van der Waals surface area contributed by atoms with Gasteiger partial charge in [-0.3, -0.25) is 0 Å². The lowest BCUT2D eigenvalue weighted by atomic mass is 9.87. The standard InChI is InChI=1S/C13H18ClNO/c1-8(2)11(7-15)10-5-9-3-4-16-13(9)12(14)6-10/h5-6,8,11H,3-4,7,15H2,1-2H3. The van der Waals surface area contributed by atoms with E-state index in [1.54, 1.807) is 0 Å². The van der Waals surface area contributed by atoms with Crippen LogP contribution in [0.25, 0.3) is 0 Å². The second kappa shape index (κ2) is 4.64. The summed E-state index contributed by atoms with van der Waals surface area (Å²) in [4.78, 5) is 0. The zero-order chi connectivity index (χ0) is 11.7. The maximum absolute atomic E-state index is 6.21. The van der Waals surface area contributed by atoms with E-state index < -0.39 is 0 Å². The van der Waals surface area contributed by atoms with Crippen LogP contribution in [0.2, 0.25) is 5.02 Å². The van der Waals surface area contributed by atoms with Crippen molar-refractivity contribution in [3.05, 3.63) is 28.3 Å². The highest BCUT2D eigenvalue weighted by atomic mass is 35.5. The summed E-state index contributed by atoms with van der Waals surface area (Å²) in [5.41, 5.74) is 8.29. The maximum Gasteiger partial charge on any atom is 0.141 e. The minimum Gasteiger partial charge on any atom is -0.491 e. The van der Waals surface area contributed by atoms with Crippen LogP contribution in [-0.2, 0) is 6.42 Å². The number of benzene rings is 1. The van der Waals surface area contributed by atoms with Crippen LogP contribution in [0, 0.1) is 5.92 Å². The van der Waals surface area contributed by atoms with Crippen molar-refractivity contribution in [1.29, 1.82) is 0 Å². The van der Waals surface area contributed by atoms with Gasteiger partial charge in [0.25, 0.3) is 0 Å². The van der Waals surface area contributed by atoms with Crippen molar-refractivity contribution >= 4 is 11.6 Å². The number of nitrogens with two attached hydrogens (primary N) is 1. The van der Waals surface area contributed by atoms with Crippen LogP contribution < -0.4 is 10.5 Å². The summed E-state index contributed by atoms with van der Waals surface area (Å²) in [7, 11) is 0. The molecule has 1 aliphatic heterocycles. The first-order chi connectivity index (χ1) is 7.63. The normalized spacial score (nSPS) is 16.1. The molecule has 0 aromatic heterocycles. The Bertz CT molecular complexity index is 390. The summed E-state index contributed by atoms with van der Waals surface area (Å²) in [6.07, 6.45) is 0.957. The summed E-state index contributed by atoms with van der Waals surface area (Å²) >= 11 is 6.21. The summed E-state index contributed by atoms with van der Waals surface area (Å²) in [5.74, 6) is 1.77. The highest BCUT2D eigenvalue weighted by molar-refractivity contribution is 6.32. The summed E-state index contributed by atoms with van der Waals surface area (Å²) in [5, 5.41) is 0.726. The third-order valence-corrected chi connectivity index (χ3v) is 3.53. The number of ether oxygens (including phenoxy) is 1. The summed E-state index contributed by atoms with van der Waals surface area (Å²) in [6, 6.07) is 4.20. The molecule has 0 spiro atoms. The lowest BCUT2D eigenvalue weighted by Gasteiger charge is -2.20. The van der Waals surface area contributed by atoms with Crippen LogP contribution in [0.3, 0.4) is 0 Å². The quantitative estimate of drug-likeness (QED) is 0.880. The van der Waals surface area contributed by atoms with E-state index in [0.717, 1.165) is 23.8 Å². The molecule has 88 valence electrons. The van der Waals surface area contributed by atoms with E-state index >= 15 is 0 Å². The molecular formula is C13H18ClNO. The van der Waals surface area contributed by atoms with Crippen molar-refractivity contribution in [2.75, 3.05) is 13.2 Å². The van der Waals surface area contributed by atoms with Crippen molar-refractivity contribution < 1.29 is 4.74 Å². The van der Waals surface area contributed by atoms with Crippen molar-refractivity contribution in [3.8, 4) is 5.75 Å². The van der Waals surface area contributed by atoms with Gasteiger partial charge in [-0.15, -0.1) is 0 Å². The lowest BCUT2D eigenvalue weighted by Crippen LogP contribution is -2.17. The first-order valence-corrected chi connectivity index (χ1v) is 6.16. The molecule has 1 unspecified atom stereocenters. The molecule has 1 aromatic rings. The zero-order valence-corrected chi connectivity index (χ0v) is 10.6. The Morgan fingerprint density at radius 1 is 1.44 bits per heavy atom. The SMILES string of the molecule is CC(C)C(CN)c1cc(Cl)c2c(c1)CCO2. The molecule has 1 atom stereocenters. The topological polar surface area (TPSA) is 35.2 Å². The Balaban J connectivity index is 2.39. The minimum absolute atomic E-state index is 0.378. The molecule has 2 N–H and O–H groups in total. The fourth-order valence-corrected chi connectivity index (χ4v) is 2.59. The van der Waals surface area contributed by atoms with E-state index in [-0.39, 0.29) is 0 Å². The number of fused-ring (bicyclic) bond motifs is 1. The third-order valence-electron chi connectivity index (χ3n) is 3.25. The monoisotopic (exact) mass is 239 g/mol. The van der Waals surface area contributed by atoms with Gasteiger partial charge in [-0.05, 0) is 35.6 Å². The van der Waals surface area contributed by atoms with Gasteiger partial charge in [0.05, 0.1) is 11.6 Å². The Hall–Kier alpha value is -0.730. The van der Waals surface area contributed by atoms with Crippen molar-refractivity contribution in [2.45, 2.75) is 26.2 Å². The second-order valence-corrected chi connectivity index (χ2v) is 5.08. The number of halogens is 1. The molecule has 0 saturated heterocycles. The minimum atomic E-state index is 0.378. The molecule has 0 aliphatic carbocycles. The molecule has 0 saturated carbocycles. The van der Waals surface area contributed by atoms with Crippen LogP contribution in [0.15, 0.2) is 12.1 Å². The highest BCUT2D eigenvalue weighted by Crippen LogP contribution is 2.37. The van der Waals surface area contributed by atoms with Crippen LogP contribution in [0.1, 0.15) is 30.9 Å². The molecule has 0 radical (unpaired) electrons. The molecule has 3 heteroatoms. The van der Waals surface area contributed by atoms with Crippen molar-refractivity contribution in [3.63, 3.8) is 0 Å². The van der Waals surface area contributed by atoms with E-state index in [1.807, 2.05) is 6.07 Å². The van der Waals surface area contributed by atoms with Crippen molar-refractivity contribution in [2.24, 2.45) is 11.7 Å². The average Bonchev–Trinajstić information content (AvgIpc) is 2.66. The Morgan fingerprint density at radius 3 is 2.81 bits per heavy atom. The van der Waals surface area contributed by atoms with Crippen LogP contribution in [0.4, 0.5) is 0 Å². The predicted molar refractivity (Wildman–Crippen MR) is 67.3 cm³/mol. The fraction of sp³-hybridized carbons (Fsp3) is 0.538. The molecule has 16 heavy (non-hydrogen) atoms. The molecule has 0 amide bonds. The molecule has 1 aliphatic rings. The molecule has 1 heterocycles. The van der Waals surface area contributed by atoms with E-state index in [0.29, 0.717) is 18.4 Å². The number of rotatable bonds is 3. The van der Waals surface area contributed by atoms with Gasteiger partial charge in [-0.2, -0.15) is 0 Å². The molecule has 0 fully saturated rings. The molecule has 1 aromatic carbocycles. The van der Waals surface area contributed by atoms with Gasteiger partial charge in [0.2, 0.25) is 0 Å². The Labute approximate surface area is 102 Å². The first kappa shape index (κ1) is 11.7. The van der Waals surface area contributed by atoms with Gasteiger partial charge in [-0.1, -0.05) is 31.5 Å². The van der Waals surface area contributed by atoms with E-state index in [9.17, 15) is 0 Å². The maximum atomic E-state index is 6.21. The van der Waals surface area contributed by atoms with Gasteiger partial charge in [0.1, 0.15) is 5.75 Å². The molecule has 0 bridgehead atoms. The van der Waals surface area contributed by atoms with Gasteiger partial charge >= 0.3 is 0 Å². The first-order valence-electron chi connectivity index (χ1n) is 5.78. The van der Waals surface area contributed by atoms with Gasteiger partial charge in [-0.25, -0.2) is 0 Å². The highest BCUT2D eigenvalue weighted by Gasteiger charge is 2.21. The van der Waals surface area contributed by atoms with Gasteiger partial charge < -0.3 is 10.5 Å². The molecular weight excluding hydrogens is 222 g/mol. The number of hydrogen-bond donors (Lipinski definition) is 1. The average molecular weight is 240 g/mol. The molecule has 2 rings (SSSR count).